The largest absolute Gasteiger partial charge is 0.368 e. The summed E-state index contributed by atoms with van der Waals surface area (Å²) in [4.78, 5) is 19.3. The van der Waals surface area contributed by atoms with Crippen LogP contribution in [0.15, 0.2) is 30.6 Å². The molecule has 0 aliphatic carbocycles. The van der Waals surface area contributed by atoms with Gasteiger partial charge in [-0.1, -0.05) is 11.6 Å². The zero-order valence-electron chi connectivity index (χ0n) is 17.5. The van der Waals surface area contributed by atoms with Crippen molar-refractivity contribution in [2.75, 3.05) is 35.6 Å². The third-order valence-electron chi connectivity index (χ3n) is 5.60. The Labute approximate surface area is 193 Å². The van der Waals surface area contributed by atoms with Gasteiger partial charge in [0.15, 0.2) is 0 Å². The molecule has 2 atom stereocenters. The Hall–Kier alpha value is -2.60. The van der Waals surface area contributed by atoms with E-state index in [0.29, 0.717) is 23.4 Å². The van der Waals surface area contributed by atoms with Gasteiger partial charge in [0.05, 0.1) is 11.6 Å². The summed E-state index contributed by atoms with van der Waals surface area (Å²) in [7, 11) is 0. The van der Waals surface area contributed by atoms with E-state index in [2.05, 4.69) is 36.0 Å². The van der Waals surface area contributed by atoms with Crippen LogP contribution < -0.4 is 20.7 Å². The molecule has 2 unspecified atom stereocenters. The van der Waals surface area contributed by atoms with Crippen molar-refractivity contribution in [2.24, 2.45) is 5.92 Å². The average molecular weight is 477 g/mol. The number of piperidine rings is 1. The number of nitrogen functional groups attached to an aromatic ring is 1. The summed E-state index contributed by atoms with van der Waals surface area (Å²) in [6.07, 6.45) is 3.17. The first-order valence-corrected chi connectivity index (χ1v) is 11.8. The van der Waals surface area contributed by atoms with Gasteiger partial charge in [0.2, 0.25) is 23.2 Å². The molecule has 3 aromatic rings. The van der Waals surface area contributed by atoms with Gasteiger partial charge in [0, 0.05) is 35.6 Å². The van der Waals surface area contributed by atoms with Crippen molar-refractivity contribution in [3.63, 3.8) is 0 Å². The van der Waals surface area contributed by atoms with E-state index >= 15 is 0 Å². The van der Waals surface area contributed by atoms with Crippen molar-refractivity contribution in [3.05, 3.63) is 41.2 Å². The zero-order valence-corrected chi connectivity index (χ0v) is 19.1. The molecule has 4 rings (SSSR count). The van der Waals surface area contributed by atoms with E-state index in [4.69, 9.17) is 26.9 Å². The summed E-state index contributed by atoms with van der Waals surface area (Å²) in [5.74, 6) is 1.77. The van der Waals surface area contributed by atoms with Gasteiger partial charge < -0.3 is 16.0 Å². The summed E-state index contributed by atoms with van der Waals surface area (Å²) >= 11 is 4.23. The van der Waals surface area contributed by atoms with Gasteiger partial charge in [0.25, 0.3) is 0 Å². The van der Waals surface area contributed by atoms with Crippen molar-refractivity contribution < 1.29 is 8.76 Å². The van der Waals surface area contributed by atoms with Gasteiger partial charge in [0.1, 0.15) is 12.1 Å². The van der Waals surface area contributed by atoms with Crippen molar-refractivity contribution in [2.45, 2.75) is 25.8 Å². The van der Waals surface area contributed by atoms with E-state index in [1.54, 1.807) is 0 Å². The molecular formula is C20H25ClN8O2S. The van der Waals surface area contributed by atoms with E-state index in [0.717, 1.165) is 48.2 Å². The number of nitrogens with zero attached hydrogens (tertiary/aromatic N) is 5. The molecule has 0 spiro atoms. The first kappa shape index (κ1) is 22.6. The van der Waals surface area contributed by atoms with Gasteiger partial charge in [-0.05, 0) is 49.9 Å². The minimum atomic E-state index is -1.98. The Bertz CT molecular complexity index is 1130. The average Bonchev–Trinajstić information content (AvgIpc) is 2.77. The number of nitrogens with two attached hydrogens (primary N) is 1. The van der Waals surface area contributed by atoms with E-state index in [-0.39, 0.29) is 12.0 Å². The number of anilines is 3. The molecular weight excluding hydrogens is 452 g/mol. The molecule has 1 aliphatic rings. The Balaban J connectivity index is 1.62. The van der Waals surface area contributed by atoms with Crippen LogP contribution in [-0.4, -0.2) is 48.3 Å². The first-order chi connectivity index (χ1) is 15.4. The number of rotatable bonds is 7. The molecule has 1 saturated heterocycles. The van der Waals surface area contributed by atoms with E-state index in [1.165, 1.54) is 6.33 Å². The fraction of sp³-hybridized carbons (Fsp3) is 0.400. The molecule has 0 bridgehead atoms. The highest BCUT2D eigenvalue weighted by molar-refractivity contribution is 7.77. The van der Waals surface area contributed by atoms with Gasteiger partial charge >= 0.3 is 0 Å². The van der Waals surface area contributed by atoms with E-state index < -0.39 is 11.3 Å². The lowest BCUT2D eigenvalue weighted by Gasteiger charge is -2.34. The Morgan fingerprint density at radius 2 is 2.06 bits per heavy atom. The maximum absolute atomic E-state index is 10.9. The third kappa shape index (κ3) is 5.41. The molecule has 5 N–H and O–H groups in total. The van der Waals surface area contributed by atoms with Crippen LogP contribution in [0.3, 0.4) is 0 Å². The number of aromatic nitrogens is 4. The summed E-state index contributed by atoms with van der Waals surface area (Å²) in [5.41, 5.74) is 7.55. The maximum Gasteiger partial charge on any atom is 0.231 e. The van der Waals surface area contributed by atoms with Crippen LogP contribution in [-0.2, 0) is 11.3 Å². The van der Waals surface area contributed by atoms with Crippen molar-refractivity contribution in [3.8, 4) is 0 Å². The highest BCUT2D eigenvalue weighted by Gasteiger charge is 2.25. The van der Waals surface area contributed by atoms with Crippen LogP contribution in [0.4, 0.5) is 17.7 Å². The highest BCUT2D eigenvalue weighted by atomic mass is 35.5. The van der Waals surface area contributed by atoms with Gasteiger partial charge in [-0.25, -0.2) is 23.9 Å². The van der Waals surface area contributed by atoms with E-state index in [9.17, 15) is 4.21 Å². The van der Waals surface area contributed by atoms with Crippen LogP contribution in [0, 0.1) is 5.92 Å². The predicted molar refractivity (Wildman–Crippen MR) is 127 cm³/mol. The second-order valence-corrected chi connectivity index (χ2v) is 9.02. The normalized spacial score (nSPS) is 16.8. The highest BCUT2D eigenvalue weighted by Crippen LogP contribution is 2.33. The molecule has 12 heteroatoms. The second-order valence-electron chi connectivity index (χ2n) is 7.80. The molecule has 1 aromatic carbocycles. The van der Waals surface area contributed by atoms with Gasteiger partial charge in [-0.2, -0.15) is 4.98 Å². The SMILES string of the molecule is CC(Nc1ncnc(N)n1)c1cc2cc(Cl)ccc2nc1N1CCC(CNS(=O)O)CC1. The second kappa shape index (κ2) is 9.90. The predicted octanol–water partition coefficient (Wildman–Crippen LogP) is 2.77. The van der Waals surface area contributed by atoms with Crippen LogP contribution in [0.2, 0.25) is 5.02 Å². The minimum absolute atomic E-state index is 0.151. The number of fused-ring (bicyclic) bond motifs is 1. The summed E-state index contributed by atoms with van der Waals surface area (Å²) in [6.45, 7) is 4.14. The molecule has 3 heterocycles. The third-order valence-corrected chi connectivity index (χ3v) is 6.25. The zero-order chi connectivity index (χ0) is 22.7. The lowest BCUT2D eigenvalue weighted by atomic mass is 9.96. The van der Waals surface area contributed by atoms with Crippen LogP contribution >= 0.6 is 11.6 Å². The van der Waals surface area contributed by atoms with Crippen LogP contribution in [0.5, 0.6) is 0 Å². The fourth-order valence-electron chi connectivity index (χ4n) is 3.91. The summed E-state index contributed by atoms with van der Waals surface area (Å²) in [5, 5.41) is 4.89. The Morgan fingerprint density at radius 1 is 1.28 bits per heavy atom. The molecule has 2 aromatic heterocycles. The number of nitrogens with one attached hydrogen (secondary N) is 2. The monoisotopic (exact) mass is 476 g/mol. The number of hydrogen-bond acceptors (Lipinski definition) is 8. The van der Waals surface area contributed by atoms with Crippen molar-refractivity contribution in [1.82, 2.24) is 24.7 Å². The molecule has 32 heavy (non-hydrogen) atoms. The number of halogens is 1. The van der Waals surface area contributed by atoms with Crippen LogP contribution in [0.1, 0.15) is 31.4 Å². The summed E-state index contributed by atoms with van der Waals surface area (Å²) in [6, 6.07) is 7.59. The molecule has 1 aliphatic heterocycles. The van der Waals surface area contributed by atoms with Gasteiger partial charge in [-0.15, -0.1) is 0 Å². The molecule has 10 nitrogen and oxygen atoms in total. The van der Waals surface area contributed by atoms with Crippen LogP contribution in [0.25, 0.3) is 10.9 Å². The summed E-state index contributed by atoms with van der Waals surface area (Å²) < 4.78 is 22.5. The molecule has 0 saturated carbocycles. The maximum atomic E-state index is 10.9. The fourth-order valence-corrected chi connectivity index (χ4v) is 4.47. The number of pyridine rings is 1. The van der Waals surface area contributed by atoms with Gasteiger partial charge in [-0.3, -0.25) is 4.55 Å². The minimum Gasteiger partial charge on any atom is -0.368 e. The number of hydrogen-bond donors (Lipinski definition) is 4. The lowest BCUT2D eigenvalue weighted by Crippen LogP contribution is -2.38. The Morgan fingerprint density at radius 3 is 2.78 bits per heavy atom. The molecule has 0 radical (unpaired) electrons. The quantitative estimate of drug-likeness (QED) is 0.378. The Kier molecular flexibility index (Phi) is 6.99. The lowest BCUT2D eigenvalue weighted by molar-refractivity contribution is 0.398. The van der Waals surface area contributed by atoms with Crippen molar-refractivity contribution >= 4 is 51.5 Å². The number of benzene rings is 1. The smallest absolute Gasteiger partial charge is 0.231 e. The standard InChI is InChI=1S/C20H25ClN8O2S/c1-12(26-20-24-11-23-19(22)28-20)16-9-14-8-15(21)2-3-17(14)27-18(16)29-6-4-13(5-7-29)10-25-32(30)31/h2-3,8-9,11-13,25H,4-7,10H2,1H3,(H,30,31)(H3,22,23,24,26,28). The molecule has 0 amide bonds. The first-order valence-electron chi connectivity index (χ1n) is 10.3. The van der Waals surface area contributed by atoms with Crippen molar-refractivity contribution in [1.29, 1.82) is 0 Å². The molecule has 1 fully saturated rings. The van der Waals surface area contributed by atoms with E-state index in [1.807, 2.05) is 25.1 Å². The molecule has 170 valence electrons. The topological polar surface area (TPSA) is 142 Å².